The third-order valence-electron chi connectivity index (χ3n) is 13.1. The fraction of sp³-hybridized carbons (Fsp3) is 0.488. The first-order valence-electron chi connectivity index (χ1n) is 20.7. The quantitative estimate of drug-likeness (QED) is 0.295. The number of nitrogens with zero attached hydrogens (tertiary/aromatic N) is 7. The number of nitriles is 1. The second-order valence-corrected chi connectivity index (χ2v) is 17.6. The zero-order chi connectivity index (χ0) is 41.7. The Hall–Kier alpha value is -5.66. The monoisotopic (exact) mass is 837 g/mol. The molecule has 0 bridgehead atoms. The number of hydrogen-bond acceptors (Lipinski definition) is 12. The highest BCUT2D eigenvalue weighted by atomic mass is 35.5. The van der Waals surface area contributed by atoms with Gasteiger partial charge in [0.15, 0.2) is 0 Å². The minimum atomic E-state index is -1.10. The van der Waals surface area contributed by atoms with Crippen LogP contribution in [0.1, 0.15) is 94.6 Å². The van der Waals surface area contributed by atoms with E-state index in [1.54, 1.807) is 30.6 Å². The number of halogens is 2. The number of benzene rings is 2. The van der Waals surface area contributed by atoms with Crippen molar-refractivity contribution < 1.29 is 33.1 Å². The van der Waals surface area contributed by atoms with E-state index in [2.05, 4.69) is 30.4 Å². The van der Waals surface area contributed by atoms with Crippen LogP contribution in [-0.2, 0) is 9.59 Å². The van der Waals surface area contributed by atoms with Crippen LogP contribution < -0.4 is 25.2 Å². The Morgan fingerprint density at radius 1 is 0.933 bits per heavy atom. The average molecular weight is 838 g/mol. The minimum absolute atomic E-state index is 0.00973. The van der Waals surface area contributed by atoms with E-state index in [0.29, 0.717) is 35.3 Å². The maximum absolute atomic E-state index is 15.5. The molecule has 3 aromatic rings. The van der Waals surface area contributed by atoms with Gasteiger partial charge in [0.2, 0.25) is 11.8 Å². The number of carbonyl (C=O) groups excluding carboxylic acids is 5. The maximum atomic E-state index is 15.5. The van der Waals surface area contributed by atoms with Gasteiger partial charge in [-0.2, -0.15) is 5.26 Å². The number of likely N-dealkylation sites (tertiary alicyclic amines) is 1. The van der Waals surface area contributed by atoms with Crippen LogP contribution in [0.4, 0.5) is 15.9 Å². The Morgan fingerprint density at radius 3 is 2.37 bits per heavy atom. The molecule has 15 nitrogen and oxygen atoms in total. The molecule has 5 aliphatic heterocycles. The van der Waals surface area contributed by atoms with Crippen LogP contribution in [0.2, 0.25) is 5.02 Å². The van der Waals surface area contributed by atoms with Crippen LogP contribution in [0, 0.1) is 28.5 Å². The molecule has 1 unspecified atom stereocenters. The number of piperidine rings is 2. The molecule has 2 aromatic carbocycles. The van der Waals surface area contributed by atoms with Crippen molar-refractivity contribution >= 4 is 52.6 Å². The Morgan fingerprint density at radius 2 is 1.68 bits per heavy atom. The fourth-order valence-electron chi connectivity index (χ4n) is 9.90. The molecule has 9 rings (SSSR count). The third-order valence-corrected chi connectivity index (χ3v) is 13.4. The molecule has 5 fully saturated rings. The van der Waals surface area contributed by atoms with Crippen LogP contribution in [0.25, 0.3) is 0 Å². The average Bonchev–Trinajstić information content (AvgIpc) is 3.77. The van der Waals surface area contributed by atoms with Crippen molar-refractivity contribution in [1.82, 2.24) is 30.4 Å². The van der Waals surface area contributed by atoms with Crippen LogP contribution >= 0.6 is 11.6 Å². The van der Waals surface area contributed by atoms with E-state index in [0.717, 1.165) is 94.5 Å². The number of hydrogen-bond donors (Lipinski definition) is 2. The SMILES string of the molecule is N#Cc1ccc(O[C@H]2CC[C@H](NC(=O)c3cnc(N4CCC5(CN(CC6CCN(c7cc8c(cc7F)C(=O)N(C7CCC(=O)NC7=O)C8=O)CC6)C5)C4)cn3)CC2)cc1Cl. The summed E-state index contributed by atoms with van der Waals surface area (Å²) in [7, 11) is 0. The first-order chi connectivity index (χ1) is 29.0. The van der Waals surface area contributed by atoms with Gasteiger partial charge in [-0.3, -0.25) is 34.2 Å². The van der Waals surface area contributed by atoms with Crippen molar-refractivity contribution in [2.45, 2.75) is 76.0 Å². The van der Waals surface area contributed by atoms with Gasteiger partial charge in [0.05, 0.1) is 45.9 Å². The first kappa shape index (κ1) is 39.8. The fourth-order valence-corrected chi connectivity index (χ4v) is 10.1. The van der Waals surface area contributed by atoms with Gasteiger partial charge in [-0.1, -0.05) is 11.6 Å². The number of fused-ring (bicyclic) bond motifs is 1. The van der Waals surface area contributed by atoms with Crippen LogP contribution in [-0.4, -0.2) is 113 Å². The number of ether oxygens (including phenoxy) is 1. The number of rotatable bonds is 9. The lowest BCUT2D eigenvalue weighted by atomic mass is 9.78. The van der Waals surface area contributed by atoms with Gasteiger partial charge in [0, 0.05) is 69.8 Å². The number of imide groups is 2. The van der Waals surface area contributed by atoms with Gasteiger partial charge >= 0.3 is 0 Å². The van der Waals surface area contributed by atoms with Gasteiger partial charge in [0.1, 0.15) is 35.2 Å². The van der Waals surface area contributed by atoms with E-state index in [9.17, 15) is 24.0 Å². The van der Waals surface area contributed by atoms with E-state index in [-0.39, 0.29) is 58.8 Å². The standard InChI is InChI=1S/C43H45ClFN9O6/c44-32-15-29(4-1-26(32)18-46)60-28-5-2-27(3-6-28)49-39(56)34-19-48-37(20-47-34)53-14-11-43(24-53)22-51(23-43)21-25-9-12-52(13-10-25)36-17-31-30(16-33(36)45)41(58)54(42(31)59)35-7-8-38(55)50-40(35)57/h1,4,15-17,19-20,25,27-28,35H,2-3,5-14,21-24H2,(H,49,56)(H,50,55,57)/t27-,28-,35?. The lowest BCUT2D eigenvalue weighted by Crippen LogP contribution is -2.59. The number of nitrogens with one attached hydrogen (secondary N) is 2. The molecule has 6 aliphatic rings. The number of aromatic nitrogens is 2. The molecule has 6 heterocycles. The summed E-state index contributed by atoms with van der Waals surface area (Å²) < 4.78 is 21.5. The van der Waals surface area contributed by atoms with Gasteiger partial charge in [-0.15, -0.1) is 0 Å². The molecule has 0 radical (unpaired) electrons. The summed E-state index contributed by atoms with van der Waals surface area (Å²) in [6.07, 6.45) is 9.21. The van der Waals surface area contributed by atoms with Crippen molar-refractivity contribution in [3.63, 3.8) is 0 Å². The molecule has 17 heteroatoms. The number of anilines is 2. The smallest absolute Gasteiger partial charge is 0.271 e. The van der Waals surface area contributed by atoms with Crippen molar-refractivity contribution in [2.24, 2.45) is 11.3 Å². The second-order valence-electron chi connectivity index (χ2n) is 17.1. The summed E-state index contributed by atoms with van der Waals surface area (Å²) in [6.45, 7) is 5.93. The van der Waals surface area contributed by atoms with Crippen molar-refractivity contribution in [3.8, 4) is 11.8 Å². The summed E-state index contributed by atoms with van der Waals surface area (Å²) in [5.41, 5.74) is 1.19. The molecule has 1 aromatic heterocycles. The van der Waals surface area contributed by atoms with Gasteiger partial charge in [0.25, 0.3) is 17.7 Å². The van der Waals surface area contributed by atoms with Crippen molar-refractivity contribution in [2.75, 3.05) is 55.6 Å². The molecule has 60 heavy (non-hydrogen) atoms. The van der Waals surface area contributed by atoms with Crippen molar-refractivity contribution in [1.29, 1.82) is 5.26 Å². The normalized spacial score (nSPS) is 24.3. The summed E-state index contributed by atoms with van der Waals surface area (Å²) in [4.78, 5) is 80.2. The third kappa shape index (κ3) is 7.76. The van der Waals surface area contributed by atoms with E-state index >= 15 is 4.39 Å². The summed E-state index contributed by atoms with van der Waals surface area (Å²) in [5.74, 6) is -1.48. The zero-order valence-corrected chi connectivity index (χ0v) is 33.8. The van der Waals surface area contributed by atoms with Crippen LogP contribution in [0.3, 0.4) is 0 Å². The molecule has 1 saturated carbocycles. The highest BCUT2D eigenvalue weighted by molar-refractivity contribution is 6.31. The Labute approximate surface area is 351 Å². The highest BCUT2D eigenvalue weighted by Gasteiger charge is 2.49. The largest absolute Gasteiger partial charge is 0.490 e. The summed E-state index contributed by atoms with van der Waals surface area (Å²) in [6, 6.07) is 8.59. The van der Waals surface area contributed by atoms with Crippen LogP contribution in [0.5, 0.6) is 5.75 Å². The molecular formula is C43H45ClFN9O6. The Balaban J connectivity index is 0.707. The molecule has 1 spiro atoms. The molecule has 1 atom stereocenters. The molecular weight excluding hydrogens is 793 g/mol. The number of amides is 5. The topological polar surface area (TPSA) is 181 Å². The van der Waals surface area contributed by atoms with E-state index in [1.807, 2.05) is 11.0 Å². The van der Waals surface area contributed by atoms with Gasteiger partial charge < -0.3 is 24.8 Å². The maximum Gasteiger partial charge on any atom is 0.271 e. The molecule has 4 saturated heterocycles. The highest BCUT2D eigenvalue weighted by Crippen LogP contribution is 2.42. The Kier molecular flexibility index (Phi) is 10.7. The molecule has 2 N–H and O–H groups in total. The van der Waals surface area contributed by atoms with E-state index in [1.165, 1.54) is 6.07 Å². The van der Waals surface area contributed by atoms with Gasteiger partial charge in [-0.25, -0.2) is 14.4 Å². The number of carbonyl (C=O) groups is 5. The molecule has 1 aliphatic carbocycles. The van der Waals surface area contributed by atoms with E-state index < -0.39 is 35.5 Å². The second kappa shape index (κ2) is 16.1. The lowest BCUT2D eigenvalue weighted by Gasteiger charge is -2.50. The lowest BCUT2D eigenvalue weighted by molar-refractivity contribution is -0.136. The minimum Gasteiger partial charge on any atom is -0.490 e. The summed E-state index contributed by atoms with van der Waals surface area (Å²) >= 11 is 6.15. The van der Waals surface area contributed by atoms with Gasteiger partial charge in [-0.05, 0) is 81.5 Å². The predicted octanol–water partition coefficient (Wildman–Crippen LogP) is 4.09. The molecule has 5 amide bonds. The van der Waals surface area contributed by atoms with Crippen LogP contribution in [0.15, 0.2) is 42.7 Å². The summed E-state index contributed by atoms with van der Waals surface area (Å²) in [5, 5.41) is 14.7. The zero-order valence-electron chi connectivity index (χ0n) is 33.0. The first-order valence-corrected chi connectivity index (χ1v) is 21.1. The van der Waals surface area contributed by atoms with Crippen molar-refractivity contribution in [3.05, 3.63) is 75.9 Å². The van der Waals surface area contributed by atoms with E-state index in [4.69, 9.17) is 21.6 Å². The predicted molar refractivity (Wildman–Crippen MR) is 216 cm³/mol. The Bertz CT molecular complexity index is 2280. The molecule has 312 valence electrons.